The zero-order valence-corrected chi connectivity index (χ0v) is 13.9. The molecule has 3 aromatic rings. The van der Waals surface area contributed by atoms with Gasteiger partial charge < -0.3 is 9.84 Å². The number of ether oxygens (including phenoxy) is 1. The van der Waals surface area contributed by atoms with Crippen molar-refractivity contribution in [2.45, 2.75) is 11.8 Å². The van der Waals surface area contributed by atoms with Gasteiger partial charge in [-0.3, -0.25) is 4.72 Å². The lowest BCUT2D eigenvalue weighted by Gasteiger charge is -2.13. The third kappa shape index (κ3) is 3.14. The van der Waals surface area contributed by atoms with Crippen LogP contribution < -0.4 is 9.46 Å². The van der Waals surface area contributed by atoms with Crippen LogP contribution in [0.3, 0.4) is 0 Å². The van der Waals surface area contributed by atoms with Gasteiger partial charge in [0.15, 0.2) is 0 Å². The number of phenolic OH excluding ortho intramolecular Hbond substituents is 1. The van der Waals surface area contributed by atoms with Gasteiger partial charge in [0, 0.05) is 16.8 Å². The predicted molar refractivity (Wildman–Crippen MR) is 94.0 cm³/mol. The van der Waals surface area contributed by atoms with Crippen molar-refractivity contribution in [3.05, 3.63) is 60.7 Å². The molecule has 3 rings (SSSR count). The summed E-state index contributed by atoms with van der Waals surface area (Å²) in [6.45, 7) is 2.38. The number of fused-ring (bicyclic) bond motifs is 1. The Labute approximate surface area is 140 Å². The Balaban J connectivity index is 2.10. The van der Waals surface area contributed by atoms with Gasteiger partial charge in [-0.2, -0.15) is 0 Å². The Morgan fingerprint density at radius 1 is 1.00 bits per heavy atom. The van der Waals surface area contributed by atoms with Crippen molar-refractivity contribution in [2.24, 2.45) is 0 Å². The summed E-state index contributed by atoms with van der Waals surface area (Å²) in [5.74, 6) is 0.635. The summed E-state index contributed by atoms with van der Waals surface area (Å²) < 4.78 is 33.6. The molecule has 0 saturated heterocycles. The van der Waals surface area contributed by atoms with Crippen molar-refractivity contribution in [3.8, 4) is 11.5 Å². The zero-order chi connectivity index (χ0) is 17.2. The lowest BCUT2D eigenvalue weighted by atomic mass is 10.1. The molecule has 0 fully saturated rings. The van der Waals surface area contributed by atoms with E-state index in [-0.39, 0.29) is 10.6 Å². The molecule has 0 bridgehead atoms. The summed E-state index contributed by atoms with van der Waals surface area (Å²) in [4.78, 5) is 0.157. The van der Waals surface area contributed by atoms with Gasteiger partial charge in [-0.05, 0) is 31.2 Å². The first-order valence-corrected chi connectivity index (χ1v) is 8.96. The number of benzene rings is 3. The van der Waals surface area contributed by atoms with Crippen molar-refractivity contribution in [1.82, 2.24) is 0 Å². The number of hydrogen-bond acceptors (Lipinski definition) is 4. The van der Waals surface area contributed by atoms with E-state index in [9.17, 15) is 13.5 Å². The fourth-order valence-electron chi connectivity index (χ4n) is 2.54. The third-order valence-corrected chi connectivity index (χ3v) is 4.97. The monoisotopic (exact) mass is 343 g/mol. The predicted octanol–water partition coefficient (Wildman–Crippen LogP) is 3.74. The minimum absolute atomic E-state index is 0.00764. The largest absolute Gasteiger partial charge is 0.508 e. The van der Waals surface area contributed by atoms with Gasteiger partial charge >= 0.3 is 0 Å². The van der Waals surface area contributed by atoms with E-state index in [0.717, 1.165) is 5.39 Å². The second-order valence-electron chi connectivity index (χ2n) is 5.20. The third-order valence-electron chi connectivity index (χ3n) is 3.53. The average Bonchev–Trinajstić information content (AvgIpc) is 2.55. The SMILES string of the molecule is CCOc1ccc(S(=O)(=O)Nc2cccc(O)c2)c2ccccc12. The Morgan fingerprint density at radius 2 is 1.75 bits per heavy atom. The van der Waals surface area contributed by atoms with E-state index in [1.807, 2.05) is 19.1 Å². The number of hydrogen-bond donors (Lipinski definition) is 2. The molecule has 0 aliphatic carbocycles. The molecule has 5 nitrogen and oxygen atoms in total. The highest BCUT2D eigenvalue weighted by Crippen LogP contribution is 2.32. The minimum atomic E-state index is -3.81. The molecule has 0 radical (unpaired) electrons. The van der Waals surface area contributed by atoms with Gasteiger partial charge in [0.1, 0.15) is 11.5 Å². The maximum atomic E-state index is 12.8. The zero-order valence-electron chi connectivity index (χ0n) is 13.1. The number of nitrogens with one attached hydrogen (secondary N) is 1. The van der Waals surface area contributed by atoms with Gasteiger partial charge in [-0.1, -0.05) is 30.3 Å². The Kier molecular flexibility index (Phi) is 4.31. The molecule has 6 heteroatoms. The Hall–Kier alpha value is -2.73. The van der Waals surface area contributed by atoms with Crippen LogP contribution in [0.15, 0.2) is 65.6 Å². The molecule has 0 atom stereocenters. The van der Waals surface area contributed by atoms with Crippen LogP contribution in [-0.4, -0.2) is 20.1 Å². The van der Waals surface area contributed by atoms with E-state index < -0.39 is 10.0 Å². The highest BCUT2D eigenvalue weighted by atomic mass is 32.2. The molecular formula is C18H17NO4S. The lowest BCUT2D eigenvalue weighted by Crippen LogP contribution is -2.13. The summed E-state index contributed by atoms with van der Waals surface area (Å²) >= 11 is 0. The molecular weight excluding hydrogens is 326 g/mol. The molecule has 0 unspecified atom stereocenters. The number of aromatic hydroxyl groups is 1. The molecule has 0 aliphatic rings. The number of anilines is 1. The molecule has 0 amide bonds. The summed E-state index contributed by atoms with van der Waals surface area (Å²) in [6, 6.07) is 16.4. The molecule has 0 aromatic heterocycles. The van der Waals surface area contributed by atoms with E-state index in [1.54, 1.807) is 30.3 Å². The van der Waals surface area contributed by atoms with Crippen LogP contribution in [0.5, 0.6) is 11.5 Å². The van der Waals surface area contributed by atoms with Crippen molar-refractivity contribution in [2.75, 3.05) is 11.3 Å². The highest BCUT2D eigenvalue weighted by Gasteiger charge is 2.19. The van der Waals surface area contributed by atoms with Crippen molar-refractivity contribution >= 4 is 26.5 Å². The minimum Gasteiger partial charge on any atom is -0.508 e. The summed E-state index contributed by atoms with van der Waals surface area (Å²) in [5.41, 5.74) is 0.299. The molecule has 0 saturated carbocycles. The van der Waals surface area contributed by atoms with Crippen LogP contribution in [0, 0.1) is 0 Å². The highest BCUT2D eigenvalue weighted by molar-refractivity contribution is 7.93. The van der Waals surface area contributed by atoms with Crippen LogP contribution in [0.2, 0.25) is 0 Å². The van der Waals surface area contributed by atoms with Gasteiger partial charge in [0.05, 0.1) is 17.2 Å². The van der Waals surface area contributed by atoms with Gasteiger partial charge in [0.25, 0.3) is 10.0 Å². The normalized spacial score (nSPS) is 11.4. The fourth-order valence-corrected chi connectivity index (χ4v) is 3.80. The number of phenols is 1. The molecule has 0 spiro atoms. The quantitative estimate of drug-likeness (QED) is 0.740. The first kappa shape index (κ1) is 16.1. The molecule has 124 valence electrons. The van der Waals surface area contributed by atoms with Crippen molar-refractivity contribution < 1.29 is 18.3 Å². The summed E-state index contributed by atoms with van der Waals surface area (Å²) in [7, 11) is -3.81. The van der Waals surface area contributed by atoms with Gasteiger partial charge in [-0.25, -0.2) is 8.42 Å². The van der Waals surface area contributed by atoms with Crippen LogP contribution in [0.4, 0.5) is 5.69 Å². The van der Waals surface area contributed by atoms with Crippen molar-refractivity contribution in [3.63, 3.8) is 0 Å². The van der Waals surface area contributed by atoms with Gasteiger partial charge in [0.2, 0.25) is 0 Å². The first-order valence-electron chi connectivity index (χ1n) is 7.47. The maximum Gasteiger partial charge on any atom is 0.262 e. The summed E-state index contributed by atoms with van der Waals surface area (Å²) in [5, 5.41) is 10.8. The second-order valence-corrected chi connectivity index (χ2v) is 6.85. The van der Waals surface area contributed by atoms with Crippen molar-refractivity contribution in [1.29, 1.82) is 0 Å². The van der Waals surface area contributed by atoms with E-state index in [1.165, 1.54) is 18.2 Å². The van der Waals surface area contributed by atoms with E-state index in [0.29, 0.717) is 23.4 Å². The fraction of sp³-hybridized carbons (Fsp3) is 0.111. The molecule has 0 aliphatic heterocycles. The van der Waals surface area contributed by atoms with Gasteiger partial charge in [-0.15, -0.1) is 0 Å². The van der Waals surface area contributed by atoms with Crippen LogP contribution in [0.25, 0.3) is 10.8 Å². The average molecular weight is 343 g/mol. The molecule has 0 heterocycles. The molecule has 24 heavy (non-hydrogen) atoms. The van der Waals surface area contributed by atoms with Crippen LogP contribution >= 0.6 is 0 Å². The topological polar surface area (TPSA) is 75.6 Å². The standard InChI is InChI=1S/C18H17NO4S/c1-2-23-17-10-11-18(16-9-4-3-8-15(16)17)24(21,22)19-13-6-5-7-14(20)12-13/h3-12,19-20H,2H2,1H3. The second kappa shape index (κ2) is 6.41. The smallest absolute Gasteiger partial charge is 0.262 e. The Morgan fingerprint density at radius 3 is 2.46 bits per heavy atom. The van der Waals surface area contributed by atoms with Crippen LogP contribution in [0.1, 0.15) is 6.92 Å². The molecule has 2 N–H and O–H groups in total. The molecule has 3 aromatic carbocycles. The van der Waals surface area contributed by atoms with E-state index >= 15 is 0 Å². The van der Waals surface area contributed by atoms with E-state index in [4.69, 9.17) is 4.74 Å². The Bertz CT molecular complexity index is 983. The summed E-state index contributed by atoms with van der Waals surface area (Å²) in [6.07, 6.45) is 0. The van der Waals surface area contributed by atoms with E-state index in [2.05, 4.69) is 4.72 Å². The first-order chi connectivity index (χ1) is 11.5. The number of rotatable bonds is 5. The van der Waals surface area contributed by atoms with Crippen LogP contribution in [-0.2, 0) is 10.0 Å². The lowest BCUT2D eigenvalue weighted by molar-refractivity contribution is 0.344. The number of sulfonamides is 1. The maximum absolute atomic E-state index is 12.8.